The molecule has 1 atom stereocenters. The van der Waals surface area contributed by atoms with E-state index in [4.69, 9.17) is 5.73 Å². The monoisotopic (exact) mass is 455 g/mol. The van der Waals surface area contributed by atoms with E-state index < -0.39 is 6.10 Å². The van der Waals surface area contributed by atoms with Gasteiger partial charge in [-0.15, -0.1) is 0 Å². The minimum absolute atomic E-state index is 0.206. The molecule has 0 saturated carbocycles. The van der Waals surface area contributed by atoms with Gasteiger partial charge in [0, 0.05) is 40.5 Å². The molecule has 7 nitrogen and oxygen atoms in total. The number of H-pyrrole nitrogens is 1. The number of aliphatic hydroxyl groups excluding tert-OH is 1. The van der Waals surface area contributed by atoms with Gasteiger partial charge in [-0.1, -0.05) is 43.9 Å². The van der Waals surface area contributed by atoms with Gasteiger partial charge in [0.25, 0.3) is 5.91 Å². The predicted octanol–water partition coefficient (Wildman–Crippen LogP) is 3.13. The number of aromatic amines is 1. The van der Waals surface area contributed by atoms with Gasteiger partial charge in [-0.25, -0.2) is 4.98 Å². The number of nitrogens with one attached hydrogen (secondary N) is 2. The van der Waals surface area contributed by atoms with Gasteiger partial charge in [0.2, 0.25) is 0 Å². The molecule has 0 bridgehead atoms. The SMILES string of the molecule is CCN(CC)CC(O)CNC(=O)c1ccc(C#Cc2c(N)ncc3[nH]c4ccccc4c23)cc1. The van der Waals surface area contributed by atoms with E-state index in [0.717, 1.165) is 40.5 Å². The summed E-state index contributed by atoms with van der Waals surface area (Å²) < 4.78 is 0. The maximum absolute atomic E-state index is 12.5. The number of nitrogens with two attached hydrogens (primary N) is 1. The lowest BCUT2D eigenvalue weighted by atomic mass is 10.1. The second-order valence-corrected chi connectivity index (χ2v) is 8.15. The van der Waals surface area contributed by atoms with Crippen LogP contribution in [0.5, 0.6) is 0 Å². The Morgan fingerprint density at radius 1 is 1.12 bits per heavy atom. The molecule has 0 aliphatic carbocycles. The molecule has 0 aliphatic heterocycles. The van der Waals surface area contributed by atoms with E-state index >= 15 is 0 Å². The minimum Gasteiger partial charge on any atom is -0.390 e. The fraction of sp³-hybridized carbons (Fsp3) is 0.259. The number of aromatic nitrogens is 2. The number of para-hydroxylation sites is 1. The van der Waals surface area contributed by atoms with Crippen LogP contribution < -0.4 is 11.1 Å². The maximum atomic E-state index is 12.5. The number of nitrogens with zero attached hydrogens (tertiary/aromatic N) is 2. The van der Waals surface area contributed by atoms with Crippen molar-refractivity contribution < 1.29 is 9.90 Å². The van der Waals surface area contributed by atoms with Crippen molar-refractivity contribution in [3.05, 3.63) is 71.4 Å². The number of carbonyl (C=O) groups excluding carboxylic acids is 1. The molecule has 2 aromatic heterocycles. The Kier molecular flexibility index (Phi) is 7.12. The van der Waals surface area contributed by atoms with Crippen LogP contribution in [-0.4, -0.2) is 58.2 Å². The first-order valence-electron chi connectivity index (χ1n) is 11.5. The summed E-state index contributed by atoms with van der Waals surface area (Å²) in [4.78, 5) is 22.2. The third-order valence-electron chi connectivity index (χ3n) is 5.91. The Hall–Kier alpha value is -3.86. The summed E-state index contributed by atoms with van der Waals surface area (Å²) in [6.07, 6.45) is 1.11. The van der Waals surface area contributed by atoms with Crippen molar-refractivity contribution in [2.45, 2.75) is 20.0 Å². The molecule has 0 saturated heterocycles. The molecule has 2 aromatic carbocycles. The highest BCUT2D eigenvalue weighted by atomic mass is 16.3. The van der Waals surface area contributed by atoms with Gasteiger partial charge in [0.15, 0.2) is 0 Å². The molecule has 34 heavy (non-hydrogen) atoms. The highest BCUT2D eigenvalue weighted by Crippen LogP contribution is 2.29. The van der Waals surface area contributed by atoms with Gasteiger partial charge in [-0.2, -0.15) is 0 Å². The Labute approximate surface area is 199 Å². The first-order chi connectivity index (χ1) is 16.5. The Morgan fingerprint density at radius 3 is 2.59 bits per heavy atom. The van der Waals surface area contributed by atoms with E-state index in [-0.39, 0.29) is 12.5 Å². The third kappa shape index (κ3) is 5.04. The maximum Gasteiger partial charge on any atom is 0.251 e. The molecule has 7 heteroatoms. The number of fused-ring (bicyclic) bond motifs is 3. The zero-order valence-corrected chi connectivity index (χ0v) is 19.4. The van der Waals surface area contributed by atoms with E-state index in [1.807, 2.05) is 38.1 Å². The number of carbonyl (C=O) groups is 1. The van der Waals surface area contributed by atoms with Gasteiger partial charge in [0.1, 0.15) is 5.82 Å². The van der Waals surface area contributed by atoms with E-state index in [1.165, 1.54) is 0 Å². The Balaban J connectivity index is 1.48. The van der Waals surface area contributed by atoms with E-state index in [1.54, 1.807) is 30.5 Å². The molecule has 5 N–H and O–H groups in total. The predicted molar refractivity (Wildman–Crippen MR) is 137 cm³/mol. The number of benzene rings is 2. The molecule has 2 heterocycles. The average Bonchev–Trinajstić information content (AvgIpc) is 3.24. The lowest BCUT2D eigenvalue weighted by molar-refractivity contribution is 0.0869. The van der Waals surface area contributed by atoms with Crippen LogP contribution in [0.25, 0.3) is 21.8 Å². The van der Waals surface area contributed by atoms with Crippen molar-refractivity contribution in [2.24, 2.45) is 0 Å². The van der Waals surface area contributed by atoms with Gasteiger partial charge < -0.3 is 26.0 Å². The lowest BCUT2D eigenvalue weighted by Gasteiger charge is -2.22. The first kappa shape index (κ1) is 23.3. The Bertz CT molecular complexity index is 1360. The quantitative estimate of drug-likeness (QED) is 0.320. The Morgan fingerprint density at radius 2 is 1.85 bits per heavy atom. The van der Waals surface area contributed by atoms with Crippen molar-refractivity contribution in [3.63, 3.8) is 0 Å². The third-order valence-corrected chi connectivity index (χ3v) is 5.91. The highest BCUT2D eigenvalue weighted by molar-refractivity contribution is 6.11. The van der Waals surface area contributed by atoms with Crippen molar-refractivity contribution >= 4 is 33.5 Å². The first-order valence-corrected chi connectivity index (χ1v) is 11.5. The normalized spacial score (nSPS) is 12.0. The van der Waals surface area contributed by atoms with Crippen LogP contribution in [0, 0.1) is 11.8 Å². The van der Waals surface area contributed by atoms with Crippen LogP contribution in [0.3, 0.4) is 0 Å². The number of hydrogen-bond acceptors (Lipinski definition) is 5. The molecule has 0 radical (unpaired) electrons. The minimum atomic E-state index is -0.611. The largest absolute Gasteiger partial charge is 0.390 e. The lowest BCUT2D eigenvalue weighted by Crippen LogP contribution is -2.40. The number of aliphatic hydroxyl groups is 1. The summed E-state index contributed by atoms with van der Waals surface area (Å²) in [6, 6.07) is 15.0. The van der Waals surface area contributed by atoms with E-state index in [0.29, 0.717) is 23.5 Å². The summed E-state index contributed by atoms with van der Waals surface area (Å²) in [5.41, 5.74) is 10.0. The fourth-order valence-electron chi connectivity index (χ4n) is 3.98. The number of hydrogen-bond donors (Lipinski definition) is 4. The molecule has 1 unspecified atom stereocenters. The topological polar surface area (TPSA) is 107 Å². The molecular formula is C27H29N5O2. The number of anilines is 1. The van der Waals surface area contributed by atoms with Crippen LogP contribution in [0.15, 0.2) is 54.7 Å². The number of nitrogen functional groups attached to an aromatic ring is 1. The summed E-state index contributed by atoms with van der Waals surface area (Å²) in [5.74, 6) is 6.46. The van der Waals surface area contributed by atoms with Crippen molar-refractivity contribution in [1.82, 2.24) is 20.2 Å². The van der Waals surface area contributed by atoms with Crippen LogP contribution in [0.2, 0.25) is 0 Å². The second kappa shape index (κ2) is 10.4. The van der Waals surface area contributed by atoms with Gasteiger partial charge >= 0.3 is 0 Å². The fourth-order valence-corrected chi connectivity index (χ4v) is 3.98. The zero-order chi connectivity index (χ0) is 24.1. The van der Waals surface area contributed by atoms with Gasteiger partial charge in [0.05, 0.1) is 23.4 Å². The van der Waals surface area contributed by atoms with Crippen LogP contribution in [-0.2, 0) is 0 Å². The summed E-state index contributed by atoms with van der Waals surface area (Å²) in [5, 5.41) is 14.9. The van der Waals surface area contributed by atoms with E-state index in [2.05, 4.69) is 32.0 Å². The second-order valence-electron chi connectivity index (χ2n) is 8.15. The van der Waals surface area contributed by atoms with Crippen molar-refractivity contribution in [2.75, 3.05) is 31.9 Å². The average molecular weight is 456 g/mol. The summed E-state index contributed by atoms with van der Waals surface area (Å²) in [7, 11) is 0. The molecule has 174 valence electrons. The van der Waals surface area contributed by atoms with Crippen LogP contribution in [0.4, 0.5) is 5.82 Å². The molecule has 1 amide bonds. The number of rotatable bonds is 7. The smallest absolute Gasteiger partial charge is 0.251 e. The standard InChI is InChI=1S/C27H29N5O2/c1-3-32(4-2)17-20(33)15-30-27(34)19-12-9-18(10-13-19)11-14-22-25-21-7-5-6-8-23(21)31-24(25)16-29-26(22)28/h5-10,12-13,16,20,31,33H,3-4,15,17H2,1-2H3,(H2,28,29)(H,30,34). The van der Waals surface area contributed by atoms with Gasteiger partial charge in [-0.3, -0.25) is 4.79 Å². The van der Waals surface area contributed by atoms with Crippen molar-refractivity contribution in [3.8, 4) is 11.8 Å². The van der Waals surface area contributed by atoms with E-state index in [9.17, 15) is 9.90 Å². The molecule has 4 rings (SSSR count). The van der Waals surface area contributed by atoms with Crippen LogP contribution in [0.1, 0.15) is 35.3 Å². The molecule has 0 fully saturated rings. The number of pyridine rings is 1. The van der Waals surface area contributed by atoms with Crippen LogP contribution >= 0.6 is 0 Å². The molecule has 0 spiro atoms. The number of likely N-dealkylation sites (N-methyl/N-ethyl adjacent to an activating group) is 1. The highest BCUT2D eigenvalue weighted by Gasteiger charge is 2.13. The van der Waals surface area contributed by atoms with Crippen molar-refractivity contribution in [1.29, 1.82) is 0 Å². The summed E-state index contributed by atoms with van der Waals surface area (Å²) in [6.45, 7) is 6.55. The number of amides is 1. The summed E-state index contributed by atoms with van der Waals surface area (Å²) >= 11 is 0. The molecular weight excluding hydrogens is 426 g/mol. The molecule has 0 aliphatic rings. The molecule has 4 aromatic rings. The zero-order valence-electron chi connectivity index (χ0n) is 19.4. The van der Waals surface area contributed by atoms with Gasteiger partial charge in [-0.05, 0) is 43.4 Å².